The number of carbonyl (C=O) groups excluding carboxylic acids is 1. The molecule has 108 valence electrons. The van der Waals surface area contributed by atoms with E-state index in [4.69, 9.17) is 0 Å². The molecule has 0 fully saturated rings. The molecule has 0 aliphatic rings. The van der Waals surface area contributed by atoms with Gasteiger partial charge >= 0.3 is 0 Å². The van der Waals surface area contributed by atoms with Crippen molar-refractivity contribution in [3.05, 3.63) is 66.0 Å². The quantitative estimate of drug-likeness (QED) is 0.476. The molecule has 1 aromatic carbocycles. The van der Waals surface area contributed by atoms with Crippen LogP contribution in [0.5, 0.6) is 0 Å². The summed E-state index contributed by atoms with van der Waals surface area (Å²) in [5.74, 6) is -0.235. The topological polar surface area (TPSA) is 85.5 Å². The average Bonchev–Trinajstić information content (AvgIpc) is 2.51. The third kappa shape index (κ3) is 6.60. The maximum Gasteiger partial charge on any atom is 0.283 e. The van der Waals surface area contributed by atoms with Crippen molar-refractivity contribution < 1.29 is 10.3 Å². The van der Waals surface area contributed by atoms with Gasteiger partial charge in [-0.15, -0.1) is 0 Å². The minimum Gasteiger partial charge on any atom is -0.412 e. The highest BCUT2D eigenvalue weighted by molar-refractivity contribution is 14.1. The van der Waals surface area contributed by atoms with Gasteiger partial charge in [-0.3, -0.25) is 15.2 Å². The Balaban J connectivity index is 0.00000115. The van der Waals surface area contributed by atoms with Crippen LogP contribution in [0.4, 0.5) is 0 Å². The highest BCUT2D eigenvalue weighted by Gasteiger charge is 2.04. The van der Waals surface area contributed by atoms with Crippen LogP contribution >= 0.6 is 22.6 Å². The van der Waals surface area contributed by atoms with Gasteiger partial charge in [-0.05, 0) is 22.6 Å². The molecule has 0 atom stereocenters. The van der Waals surface area contributed by atoms with E-state index in [1.54, 1.807) is 24.4 Å². The molecule has 20 heavy (non-hydrogen) atoms. The number of halogens is 1. The van der Waals surface area contributed by atoms with Crippen LogP contribution in [0.15, 0.2) is 54.7 Å². The van der Waals surface area contributed by atoms with Gasteiger partial charge in [0.05, 0.1) is 0 Å². The van der Waals surface area contributed by atoms with Crippen LogP contribution in [0.25, 0.3) is 0 Å². The molecule has 0 saturated heterocycles. The van der Waals surface area contributed by atoms with E-state index >= 15 is 0 Å². The molecule has 0 saturated carbocycles. The molecule has 0 bridgehead atoms. The second-order valence-electron chi connectivity index (χ2n) is 3.51. The Morgan fingerprint density at radius 2 is 1.75 bits per heavy atom. The van der Waals surface area contributed by atoms with Gasteiger partial charge in [0.2, 0.25) is 0 Å². The Hall–Kier alpha value is -1.51. The molecular formula is C14H18IN3O2. The van der Waals surface area contributed by atoms with Crippen LogP contribution in [-0.2, 0) is 6.54 Å². The van der Waals surface area contributed by atoms with Crippen molar-refractivity contribution in [1.29, 1.82) is 0 Å². The van der Waals surface area contributed by atoms with Crippen LogP contribution in [0.3, 0.4) is 0 Å². The number of amides is 1. The Labute approximate surface area is 132 Å². The highest BCUT2D eigenvalue weighted by atomic mass is 127. The van der Waals surface area contributed by atoms with E-state index in [-0.39, 0.29) is 11.4 Å². The fourth-order valence-electron chi connectivity index (χ4n) is 1.38. The summed E-state index contributed by atoms with van der Waals surface area (Å²) in [5, 5.41) is 0. The van der Waals surface area contributed by atoms with Gasteiger partial charge in [-0.1, -0.05) is 59.0 Å². The van der Waals surface area contributed by atoms with Gasteiger partial charge in [0, 0.05) is 12.7 Å². The van der Waals surface area contributed by atoms with Gasteiger partial charge in [0.15, 0.2) is 0 Å². The normalized spacial score (nSPS) is 8.70. The first kappa shape index (κ1) is 18.5. The Kier molecular flexibility index (Phi) is 10.5. The second-order valence-corrected chi connectivity index (χ2v) is 3.51. The van der Waals surface area contributed by atoms with Crippen LogP contribution in [0.1, 0.15) is 16.1 Å². The van der Waals surface area contributed by atoms with E-state index in [9.17, 15) is 4.79 Å². The minimum atomic E-state index is -0.235. The van der Waals surface area contributed by atoms with Crippen molar-refractivity contribution in [2.75, 3.05) is 4.93 Å². The van der Waals surface area contributed by atoms with E-state index in [2.05, 4.69) is 38.4 Å². The summed E-state index contributed by atoms with van der Waals surface area (Å²) in [7, 11) is 0. The zero-order valence-corrected chi connectivity index (χ0v) is 13.3. The molecular weight excluding hydrogens is 369 g/mol. The van der Waals surface area contributed by atoms with Gasteiger partial charge in [0.25, 0.3) is 5.91 Å². The maximum atomic E-state index is 11.6. The van der Waals surface area contributed by atoms with Crippen molar-refractivity contribution in [3.63, 3.8) is 0 Å². The van der Waals surface area contributed by atoms with Crippen molar-refractivity contribution in [2.45, 2.75) is 6.54 Å². The third-order valence-corrected chi connectivity index (χ3v) is 2.23. The Bertz CT molecular complexity index is 480. The highest BCUT2D eigenvalue weighted by Crippen LogP contribution is 1.96. The number of hydrogen-bond acceptors (Lipinski definition) is 3. The smallest absolute Gasteiger partial charge is 0.283 e. The number of nitrogens with zero attached hydrogens (tertiary/aromatic N) is 1. The monoisotopic (exact) mass is 387 g/mol. The lowest BCUT2D eigenvalue weighted by molar-refractivity contribution is 0.0927. The fourth-order valence-corrected chi connectivity index (χ4v) is 1.38. The molecule has 6 heteroatoms. The molecule has 1 heterocycles. The Morgan fingerprint density at radius 3 is 2.35 bits per heavy atom. The van der Waals surface area contributed by atoms with Gasteiger partial charge in [-0.25, -0.2) is 5.43 Å². The predicted molar refractivity (Wildman–Crippen MR) is 88.5 cm³/mol. The number of aromatic nitrogens is 1. The summed E-state index contributed by atoms with van der Waals surface area (Å²) < 4.78 is 0. The average molecular weight is 387 g/mol. The van der Waals surface area contributed by atoms with E-state index in [1.807, 2.05) is 35.3 Å². The predicted octanol–water partition coefficient (Wildman–Crippen LogP) is 1.74. The van der Waals surface area contributed by atoms with E-state index in [0.717, 1.165) is 5.56 Å². The summed E-state index contributed by atoms with van der Waals surface area (Å²) in [6.07, 6.45) is 1.59. The van der Waals surface area contributed by atoms with Crippen LogP contribution in [0, 0.1) is 0 Å². The summed E-state index contributed by atoms with van der Waals surface area (Å²) in [6, 6.07) is 15.1. The first-order valence-corrected chi connectivity index (χ1v) is 7.88. The molecule has 0 aliphatic heterocycles. The molecule has 0 aliphatic carbocycles. The number of pyridine rings is 1. The third-order valence-electron chi connectivity index (χ3n) is 2.23. The SMILES string of the molecule is CI.O.O=C(NNCc1ccccc1)c1ccccn1. The summed E-state index contributed by atoms with van der Waals surface area (Å²) in [4.78, 5) is 17.5. The number of benzene rings is 1. The van der Waals surface area contributed by atoms with Crippen molar-refractivity contribution in [3.8, 4) is 0 Å². The number of hydrazine groups is 1. The van der Waals surface area contributed by atoms with Gasteiger partial charge in [-0.2, -0.15) is 0 Å². The lowest BCUT2D eigenvalue weighted by atomic mass is 10.2. The molecule has 0 radical (unpaired) electrons. The van der Waals surface area contributed by atoms with Gasteiger partial charge < -0.3 is 5.48 Å². The fraction of sp³-hybridized carbons (Fsp3) is 0.143. The standard InChI is InChI=1S/C13H13N3O.CH3I.H2O/c17-13(12-8-4-5-9-14-12)16-15-10-11-6-2-1-3-7-11;1-2;/h1-9,15H,10H2,(H,16,17);1H3;1H2. The van der Waals surface area contributed by atoms with Gasteiger partial charge in [0.1, 0.15) is 5.69 Å². The number of nitrogens with one attached hydrogen (secondary N) is 2. The number of carbonyl (C=O) groups is 1. The lowest BCUT2D eigenvalue weighted by Crippen LogP contribution is -2.37. The van der Waals surface area contributed by atoms with E-state index < -0.39 is 0 Å². The van der Waals surface area contributed by atoms with Crippen LogP contribution < -0.4 is 10.9 Å². The molecule has 2 aromatic rings. The molecule has 2 rings (SSSR count). The van der Waals surface area contributed by atoms with Crippen molar-refractivity contribution in [1.82, 2.24) is 15.8 Å². The molecule has 4 N–H and O–H groups in total. The first-order valence-electron chi connectivity index (χ1n) is 5.72. The summed E-state index contributed by atoms with van der Waals surface area (Å²) >= 11 is 2.15. The molecule has 5 nitrogen and oxygen atoms in total. The van der Waals surface area contributed by atoms with Crippen LogP contribution in [0.2, 0.25) is 0 Å². The lowest BCUT2D eigenvalue weighted by Gasteiger charge is -2.06. The van der Waals surface area contributed by atoms with Crippen molar-refractivity contribution in [2.24, 2.45) is 0 Å². The molecule has 0 unspecified atom stereocenters. The largest absolute Gasteiger partial charge is 0.412 e. The van der Waals surface area contributed by atoms with Crippen molar-refractivity contribution >= 4 is 28.5 Å². The Morgan fingerprint density at radius 1 is 1.10 bits per heavy atom. The first-order chi connectivity index (χ1) is 9.36. The number of hydrogen-bond donors (Lipinski definition) is 2. The zero-order chi connectivity index (χ0) is 13.9. The van der Waals surface area contributed by atoms with Crippen LogP contribution in [-0.4, -0.2) is 21.3 Å². The second kappa shape index (κ2) is 11.3. The minimum absolute atomic E-state index is 0. The van der Waals surface area contributed by atoms with E-state index in [0.29, 0.717) is 12.2 Å². The molecule has 1 aromatic heterocycles. The summed E-state index contributed by atoms with van der Waals surface area (Å²) in [5.41, 5.74) is 6.96. The number of rotatable bonds is 4. The zero-order valence-electron chi connectivity index (χ0n) is 11.1. The van der Waals surface area contributed by atoms with E-state index in [1.165, 1.54) is 0 Å². The summed E-state index contributed by atoms with van der Waals surface area (Å²) in [6.45, 7) is 0.583. The number of alkyl halides is 1. The molecule has 1 amide bonds. The molecule has 0 spiro atoms. The maximum absolute atomic E-state index is 11.6.